The molecule has 15 heavy (non-hydrogen) atoms. The standard InChI is InChI=1S/C11H20ClNO2/c1-4-6-10(5-2)13(7-8-15-3)11(14)9-12/h4,6,10H,5,7-9H2,1-3H3. The molecule has 88 valence electrons. The minimum Gasteiger partial charge on any atom is -0.383 e. The second-order valence-corrected chi connectivity index (χ2v) is 3.48. The maximum atomic E-state index is 11.6. The Morgan fingerprint density at radius 2 is 2.27 bits per heavy atom. The molecule has 0 spiro atoms. The number of amides is 1. The summed E-state index contributed by atoms with van der Waals surface area (Å²) < 4.78 is 4.98. The van der Waals surface area contributed by atoms with Gasteiger partial charge in [0.05, 0.1) is 6.61 Å². The van der Waals surface area contributed by atoms with Crippen molar-refractivity contribution in [1.29, 1.82) is 0 Å². The third kappa shape index (κ3) is 5.19. The number of halogens is 1. The van der Waals surface area contributed by atoms with Gasteiger partial charge in [-0.15, -0.1) is 11.6 Å². The zero-order chi connectivity index (χ0) is 11.7. The number of ether oxygens (including phenoxy) is 1. The number of carbonyl (C=O) groups is 1. The van der Waals surface area contributed by atoms with Crippen LogP contribution in [-0.4, -0.2) is 43.0 Å². The first-order valence-corrected chi connectivity index (χ1v) is 5.71. The molecule has 0 radical (unpaired) electrons. The van der Waals surface area contributed by atoms with Gasteiger partial charge in [0.2, 0.25) is 5.91 Å². The summed E-state index contributed by atoms with van der Waals surface area (Å²) in [6.45, 7) is 5.12. The van der Waals surface area contributed by atoms with E-state index in [0.717, 1.165) is 6.42 Å². The second-order valence-electron chi connectivity index (χ2n) is 3.21. The first kappa shape index (κ1) is 14.5. The van der Waals surface area contributed by atoms with Crippen molar-refractivity contribution >= 4 is 17.5 Å². The Balaban J connectivity index is 4.49. The van der Waals surface area contributed by atoms with Gasteiger partial charge in [-0.3, -0.25) is 4.79 Å². The van der Waals surface area contributed by atoms with Crippen molar-refractivity contribution < 1.29 is 9.53 Å². The van der Waals surface area contributed by atoms with Crippen molar-refractivity contribution in [3.8, 4) is 0 Å². The van der Waals surface area contributed by atoms with E-state index in [2.05, 4.69) is 0 Å². The highest BCUT2D eigenvalue weighted by atomic mass is 35.5. The summed E-state index contributed by atoms with van der Waals surface area (Å²) in [5.41, 5.74) is 0. The molecule has 0 fully saturated rings. The number of hydrogen-bond donors (Lipinski definition) is 0. The fraction of sp³-hybridized carbons (Fsp3) is 0.727. The maximum Gasteiger partial charge on any atom is 0.238 e. The lowest BCUT2D eigenvalue weighted by molar-refractivity contribution is -0.130. The van der Waals surface area contributed by atoms with E-state index in [1.165, 1.54) is 0 Å². The van der Waals surface area contributed by atoms with Crippen LogP contribution in [0.4, 0.5) is 0 Å². The van der Waals surface area contributed by atoms with E-state index in [4.69, 9.17) is 16.3 Å². The highest BCUT2D eigenvalue weighted by molar-refractivity contribution is 6.27. The van der Waals surface area contributed by atoms with Gasteiger partial charge in [0.1, 0.15) is 5.88 Å². The Morgan fingerprint density at radius 3 is 2.67 bits per heavy atom. The van der Waals surface area contributed by atoms with Crippen molar-refractivity contribution in [1.82, 2.24) is 4.90 Å². The van der Waals surface area contributed by atoms with Gasteiger partial charge in [-0.05, 0) is 13.3 Å². The van der Waals surface area contributed by atoms with Crippen LogP contribution in [0.2, 0.25) is 0 Å². The molecule has 1 atom stereocenters. The Morgan fingerprint density at radius 1 is 1.60 bits per heavy atom. The van der Waals surface area contributed by atoms with Gasteiger partial charge in [0, 0.05) is 19.7 Å². The monoisotopic (exact) mass is 233 g/mol. The summed E-state index contributed by atoms with van der Waals surface area (Å²) in [5, 5.41) is 0. The van der Waals surface area contributed by atoms with Crippen LogP contribution in [0.25, 0.3) is 0 Å². The molecule has 0 aromatic rings. The highest BCUT2D eigenvalue weighted by Gasteiger charge is 2.18. The zero-order valence-corrected chi connectivity index (χ0v) is 10.5. The van der Waals surface area contributed by atoms with E-state index in [1.807, 2.05) is 26.0 Å². The van der Waals surface area contributed by atoms with E-state index < -0.39 is 0 Å². The second kappa shape index (κ2) is 8.74. The van der Waals surface area contributed by atoms with E-state index in [-0.39, 0.29) is 17.8 Å². The predicted octanol–water partition coefficient (Wildman–Crippen LogP) is 2.05. The van der Waals surface area contributed by atoms with Gasteiger partial charge < -0.3 is 9.64 Å². The summed E-state index contributed by atoms with van der Waals surface area (Å²) in [6, 6.07) is 0.122. The summed E-state index contributed by atoms with van der Waals surface area (Å²) in [4.78, 5) is 13.4. The molecule has 0 heterocycles. The number of allylic oxidation sites excluding steroid dienone is 1. The molecule has 1 unspecified atom stereocenters. The van der Waals surface area contributed by atoms with Crippen molar-refractivity contribution in [2.75, 3.05) is 26.1 Å². The molecule has 0 aliphatic heterocycles. The van der Waals surface area contributed by atoms with Crippen LogP contribution in [0.1, 0.15) is 20.3 Å². The SMILES string of the molecule is CC=CC(CC)N(CCOC)C(=O)CCl. The molecule has 0 saturated heterocycles. The van der Waals surface area contributed by atoms with Crippen LogP contribution in [0.15, 0.2) is 12.2 Å². The molecule has 1 amide bonds. The lowest BCUT2D eigenvalue weighted by Crippen LogP contribution is -2.41. The molecule has 0 N–H and O–H groups in total. The van der Waals surface area contributed by atoms with Gasteiger partial charge in [-0.2, -0.15) is 0 Å². The van der Waals surface area contributed by atoms with Gasteiger partial charge in [0.15, 0.2) is 0 Å². The maximum absolute atomic E-state index is 11.6. The van der Waals surface area contributed by atoms with Crippen molar-refractivity contribution in [3.05, 3.63) is 12.2 Å². The fourth-order valence-corrected chi connectivity index (χ4v) is 1.58. The zero-order valence-electron chi connectivity index (χ0n) is 9.70. The Labute approximate surface area is 97.0 Å². The Kier molecular flexibility index (Phi) is 8.43. The van der Waals surface area contributed by atoms with Crippen LogP contribution < -0.4 is 0 Å². The smallest absolute Gasteiger partial charge is 0.238 e. The number of hydrogen-bond acceptors (Lipinski definition) is 2. The molecule has 0 bridgehead atoms. The number of nitrogens with zero attached hydrogens (tertiary/aromatic N) is 1. The number of carbonyl (C=O) groups excluding carboxylic acids is 1. The molecule has 0 saturated carbocycles. The van der Waals surface area contributed by atoms with Crippen molar-refractivity contribution in [2.45, 2.75) is 26.3 Å². The number of rotatable bonds is 7. The largest absolute Gasteiger partial charge is 0.383 e. The van der Waals surface area contributed by atoms with E-state index >= 15 is 0 Å². The fourth-order valence-electron chi connectivity index (χ4n) is 1.42. The highest BCUT2D eigenvalue weighted by Crippen LogP contribution is 2.07. The average molecular weight is 234 g/mol. The summed E-state index contributed by atoms with van der Waals surface area (Å²) in [6.07, 6.45) is 4.85. The van der Waals surface area contributed by atoms with Crippen molar-refractivity contribution in [2.24, 2.45) is 0 Å². The molecule has 0 aliphatic carbocycles. The molecule has 0 aromatic carbocycles. The lowest BCUT2D eigenvalue weighted by atomic mass is 10.1. The van der Waals surface area contributed by atoms with Gasteiger partial charge in [0.25, 0.3) is 0 Å². The summed E-state index contributed by atoms with van der Waals surface area (Å²) in [7, 11) is 1.62. The number of methoxy groups -OCH3 is 1. The minimum atomic E-state index is -0.0429. The molecule has 0 aliphatic rings. The third-order valence-electron chi connectivity index (χ3n) is 2.20. The summed E-state index contributed by atoms with van der Waals surface area (Å²) in [5.74, 6) is -0.0173. The molecular weight excluding hydrogens is 214 g/mol. The third-order valence-corrected chi connectivity index (χ3v) is 2.43. The van der Waals surface area contributed by atoms with Gasteiger partial charge >= 0.3 is 0 Å². The van der Waals surface area contributed by atoms with Crippen LogP contribution in [0, 0.1) is 0 Å². The van der Waals surface area contributed by atoms with E-state index in [1.54, 1.807) is 12.0 Å². The van der Waals surface area contributed by atoms with Gasteiger partial charge in [-0.1, -0.05) is 19.1 Å². The average Bonchev–Trinajstić information content (AvgIpc) is 2.27. The molecular formula is C11H20ClNO2. The minimum absolute atomic E-state index is 0.0256. The lowest BCUT2D eigenvalue weighted by Gasteiger charge is -2.28. The Bertz CT molecular complexity index is 207. The first-order chi connectivity index (χ1) is 7.21. The normalized spacial score (nSPS) is 13.1. The topological polar surface area (TPSA) is 29.5 Å². The van der Waals surface area contributed by atoms with Gasteiger partial charge in [-0.25, -0.2) is 0 Å². The van der Waals surface area contributed by atoms with Crippen LogP contribution in [0.5, 0.6) is 0 Å². The van der Waals surface area contributed by atoms with E-state index in [9.17, 15) is 4.79 Å². The first-order valence-electron chi connectivity index (χ1n) is 5.18. The van der Waals surface area contributed by atoms with Crippen LogP contribution >= 0.6 is 11.6 Å². The quantitative estimate of drug-likeness (QED) is 0.498. The molecule has 0 rings (SSSR count). The van der Waals surface area contributed by atoms with Crippen LogP contribution in [-0.2, 0) is 9.53 Å². The van der Waals surface area contributed by atoms with Crippen molar-refractivity contribution in [3.63, 3.8) is 0 Å². The number of alkyl halides is 1. The predicted molar refractivity (Wildman–Crippen MR) is 63.2 cm³/mol. The van der Waals surface area contributed by atoms with E-state index in [0.29, 0.717) is 13.2 Å². The van der Waals surface area contributed by atoms with Crippen LogP contribution in [0.3, 0.4) is 0 Å². The molecule has 4 heteroatoms. The molecule has 0 aromatic heterocycles. The summed E-state index contributed by atoms with van der Waals surface area (Å²) >= 11 is 5.57. The Hall–Kier alpha value is -0.540. The molecule has 3 nitrogen and oxygen atoms in total.